The average molecular weight is 288 g/mol. The van der Waals surface area contributed by atoms with Crippen LogP contribution in [0.1, 0.15) is 15.9 Å². The molecule has 1 heterocycles. The van der Waals surface area contributed by atoms with Crippen molar-refractivity contribution < 1.29 is 9.18 Å². The van der Waals surface area contributed by atoms with E-state index in [0.717, 1.165) is 22.8 Å². The summed E-state index contributed by atoms with van der Waals surface area (Å²) >= 11 is 5.97. The van der Waals surface area contributed by atoms with E-state index in [1.807, 2.05) is 29.0 Å². The standard InChI is InChI=1S/C16H11ClFNO/c17-16-13(2-1-3-14(16)18)9-19-7-6-12-8-11(10-20)4-5-15(12)19/h1-8,10H,9H2. The van der Waals surface area contributed by atoms with Gasteiger partial charge < -0.3 is 4.57 Å². The number of benzene rings is 2. The van der Waals surface area contributed by atoms with E-state index in [1.165, 1.54) is 6.07 Å². The lowest BCUT2D eigenvalue weighted by Gasteiger charge is -2.08. The number of carbonyl (C=O) groups is 1. The van der Waals surface area contributed by atoms with Gasteiger partial charge in [-0.3, -0.25) is 4.79 Å². The summed E-state index contributed by atoms with van der Waals surface area (Å²) in [7, 11) is 0. The van der Waals surface area contributed by atoms with E-state index in [1.54, 1.807) is 18.2 Å². The Morgan fingerprint density at radius 2 is 2.05 bits per heavy atom. The van der Waals surface area contributed by atoms with Gasteiger partial charge in [-0.2, -0.15) is 0 Å². The topological polar surface area (TPSA) is 22.0 Å². The Labute approximate surface area is 120 Å². The van der Waals surface area contributed by atoms with Crippen LogP contribution in [-0.4, -0.2) is 10.9 Å². The summed E-state index contributed by atoms with van der Waals surface area (Å²) in [5.74, 6) is -0.413. The minimum Gasteiger partial charge on any atom is -0.343 e. The van der Waals surface area contributed by atoms with Crippen LogP contribution in [0.3, 0.4) is 0 Å². The highest BCUT2D eigenvalue weighted by atomic mass is 35.5. The van der Waals surface area contributed by atoms with Crippen molar-refractivity contribution in [2.75, 3.05) is 0 Å². The molecule has 0 aliphatic carbocycles. The van der Waals surface area contributed by atoms with Crippen LogP contribution in [0.25, 0.3) is 10.9 Å². The van der Waals surface area contributed by atoms with Gasteiger partial charge in [0.1, 0.15) is 12.1 Å². The van der Waals surface area contributed by atoms with E-state index in [2.05, 4.69) is 0 Å². The maximum Gasteiger partial charge on any atom is 0.150 e. The van der Waals surface area contributed by atoms with Gasteiger partial charge in [0.15, 0.2) is 0 Å². The molecular weight excluding hydrogens is 277 g/mol. The predicted molar refractivity (Wildman–Crippen MR) is 77.8 cm³/mol. The molecule has 2 nitrogen and oxygen atoms in total. The minimum atomic E-state index is -0.413. The summed E-state index contributed by atoms with van der Waals surface area (Å²) in [5, 5.41) is 1.13. The summed E-state index contributed by atoms with van der Waals surface area (Å²) in [6, 6.07) is 12.2. The van der Waals surface area contributed by atoms with E-state index < -0.39 is 5.82 Å². The molecule has 20 heavy (non-hydrogen) atoms. The fourth-order valence-corrected chi connectivity index (χ4v) is 2.47. The Morgan fingerprint density at radius 3 is 2.85 bits per heavy atom. The van der Waals surface area contributed by atoms with Crippen LogP contribution >= 0.6 is 11.6 Å². The molecule has 0 spiro atoms. The lowest BCUT2D eigenvalue weighted by molar-refractivity contribution is 0.112. The number of aldehydes is 1. The Kier molecular flexibility index (Phi) is 3.28. The highest BCUT2D eigenvalue weighted by Gasteiger charge is 2.08. The fourth-order valence-electron chi connectivity index (χ4n) is 2.28. The van der Waals surface area contributed by atoms with E-state index in [4.69, 9.17) is 11.6 Å². The summed E-state index contributed by atoms with van der Waals surface area (Å²) in [4.78, 5) is 10.8. The first-order valence-electron chi connectivity index (χ1n) is 6.16. The molecular formula is C16H11ClFNO. The maximum absolute atomic E-state index is 13.4. The molecule has 0 aliphatic heterocycles. The van der Waals surface area contributed by atoms with E-state index in [0.29, 0.717) is 12.1 Å². The van der Waals surface area contributed by atoms with Crippen LogP contribution in [0.4, 0.5) is 4.39 Å². The first-order valence-corrected chi connectivity index (χ1v) is 6.54. The second-order valence-corrected chi connectivity index (χ2v) is 4.97. The molecule has 0 N–H and O–H groups in total. The van der Waals surface area contributed by atoms with Gasteiger partial charge in [-0.05, 0) is 35.9 Å². The van der Waals surface area contributed by atoms with Gasteiger partial charge in [0.05, 0.1) is 5.02 Å². The maximum atomic E-state index is 13.4. The van der Waals surface area contributed by atoms with Crippen molar-refractivity contribution in [3.05, 3.63) is 70.6 Å². The monoisotopic (exact) mass is 287 g/mol. The second-order valence-electron chi connectivity index (χ2n) is 4.59. The van der Waals surface area contributed by atoms with Crippen LogP contribution in [0.2, 0.25) is 5.02 Å². The van der Waals surface area contributed by atoms with Gasteiger partial charge in [0.2, 0.25) is 0 Å². The molecule has 0 aliphatic rings. The molecule has 0 fully saturated rings. The molecule has 1 aromatic heterocycles. The van der Waals surface area contributed by atoms with Crippen molar-refractivity contribution >= 4 is 28.8 Å². The van der Waals surface area contributed by atoms with Crippen LogP contribution in [-0.2, 0) is 6.54 Å². The van der Waals surface area contributed by atoms with Crippen molar-refractivity contribution in [3.63, 3.8) is 0 Å². The van der Waals surface area contributed by atoms with Crippen LogP contribution in [0.15, 0.2) is 48.7 Å². The van der Waals surface area contributed by atoms with Crippen LogP contribution in [0.5, 0.6) is 0 Å². The molecule has 3 rings (SSSR count). The summed E-state index contributed by atoms with van der Waals surface area (Å²) in [5.41, 5.74) is 2.35. The van der Waals surface area contributed by atoms with Gasteiger partial charge in [0.25, 0.3) is 0 Å². The Bertz CT molecular complexity index is 794. The Morgan fingerprint density at radius 1 is 1.20 bits per heavy atom. The largest absolute Gasteiger partial charge is 0.343 e. The molecule has 0 amide bonds. The number of aromatic nitrogens is 1. The third kappa shape index (κ3) is 2.21. The lowest BCUT2D eigenvalue weighted by Crippen LogP contribution is -1.99. The van der Waals surface area contributed by atoms with Crippen molar-refractivity contribution in [2.24, 2.45) is 0 Å². The number of hydrogen-bond donors (Lipinski definition) is 0. The van der Waals surface area contributed by atoms with E-state index in [-0.39, 0.29) is 5.02 Å². The van der Waals surface area contributed by atoms with Crippen LogP contribution in [0, 0.1) is 5.82 Å². The van der Waals surface area contributed by atoms with Crippen molar-refractivity contribution in [2.45, 2.75) is 6.54 Å². The second kappa shape index (κ2) is 5.10. The van der Waals surface area contributed by atoms with Crippen molar-refractivity contribution in [1.82, 2.24) is 4.57 Å². The molecule has 100 valence electrons. The zero-order chi connectivity index (χ0) is 14.1. The highest BCUT2D eigenvalue weighted by molar-refractivity contribution is 6.31. The molecule has 0 atom stereocenters. The van der Waals surface area contributed by atoms with Crippen LogP contribution < -0.4 is 0 Å². The first kappa shape index (κ1) is 12.9. The third-order valence-electron chi connectivity index (χ3n) is 3.30. The average Bonchev–Trinajstić information content (AvgIpc) is 2.86. The minimum absolute atomic E-state index is 0.152. The molecule has 0 radical (unpaired) electrons. The lowest BCUT2D eigenvalue weighted by atomic mass is 10.1. The fraction of sp³-hybridized carbons (Fsp3) is 0.0625. The van der Waals surface area contributed by atoms with Gasteiger partial charge in [-0.1, -0.05) is 23.7 Å². The zero-order valence-electron chi connectivity index (χ0n) is 10.5. The smallest absolute Gasteiger partial charge is 0.150 e. The van der Waals surface area contributed by atoms with Crippen molar-refractivity contribution in [1.29, 1.82) is 0 Å². The number of nitrogens with zero attached hydrogens (tertiary/aromatic N) is 1. The number of hydrogen-bond acceptors (Lipinski definition) is 1. The normalized spacial score (nSPS) is 10.9. The highest BCUT2D eigenvalue weighted by Crippen LogP contribution is 2.23. The molecule has 0 saturated carbocycles. The Balaban J connectivity index is 2.03. The third-order valence-corrected chi connectivity index (χ3v) is 3.73. The zero-order valence-corrected chi connectivity index (χ0v) is 11.3. The molecule has 0 bridgehead atoms. The van der Waals surface area contributed by atoms with E-state index in [9.17, 15) is 9.18 Å². The first-order chi connectivity index (χ1) is 9.69. The summed E-state index contributed by atoms with van der Waals surface area (Å²) in [6.45, 7) is 0.487. The predicted octanol–water partition coefficient (Wildman–Crippen LogP) is 4.29. The number of rotatable bonds is 3. The number of fused-ring (bicyclic) bond motifs is 1. The van der Waals surface area contributed by atoms with Crippen molar-refractivity contribution in [3.8, 4) is 0 Å². The summed E-state index contributed by atoms with van der Waals surface area (Å²) < 4.78 is 15.4. The molecule has 0 saturated heterocycles. The van der Waals surface area contributed by atoms with Gasteiger partial charge >= 0.3 is 0 Å². The summed E-state index contributed by atoms with van der Waals surface area (Å²) in [6.07, 6.45) is 2.72. The number of halogens is 2. The molecule has 3 aromatic rings. The molecule has 2 aromatic carbocycles. The number of carbonyl (C=O) groups excluding carboxylic acids is 1. The van der Waals surface area contributed by atoms with Gasteiger partial charge in [-0.15, -0.1) is 0 Å². The molecule has 0 unspecified atom stereocenters. The van der Waals surface area contributed by atoms with Gasteiger partial charge in [-0.25, -0.2) is 4.39 Å². The quantitative estimate of drug-likeness (QED) is 0.659. The molecule has 4 heteroatoms. The Hall–Kier alpha value is -2.13. The SMILES string of the molecule is O=Cc1ccc2c(ccn2Cc2cccc(F)c2Cl)c1. The van der Waals surface area contributed by atoms with Gasteiger partial charge in [0, 0.05) is 29.2 Å². The van der Waals surface area contributed by atoms with E-state index >= 15 is 0 Å².